The van der Waals surface area contributed by atoms with E-state index in [4.69, 9.17) is 4.74 Å². The van der Waals surface area contributed by atoms with Crippen molar-refractivity contribution in [2.75, 3.05) is 19.8 Å². The molecular formula is C10H21F2NO. The molecule has 0 aliphatic heterocycles. The predicted molar refractivity (Wildman–Crippen MR) is 53.8 cm³/mol. The van der Waals surface area contributed by atoms with Crippen molar-refractivity contribution in [3.05, 3.63) is 0 Å². The summed E-state index contributed by atoms with van der Waals surface area (Å²) in [7, 11) is 0. The van der Waals surface area contributed by atoms with Crippen molar-refractivity contribution in [1.29, 1.82) is 0 Å². The molecule has 0 aliphatic carbocycles. The molecule has 2 nitrogen and oxygen atoms in total. The molecule has 0 rings (SSSR count). The van der Waals surface area contributed by atoms with Crippen LogP contribution in [-0.2, 0) is 4.74 Å². The van der Waals surface area contributed by atoms with Gasteiger partial charge in [-0.2, -0.15) is 0 Å². The molecule has 0 heterocycles. The van der Waals surface area contributed by atoms with Crippen LogP contribution in [0.15, 0.2) is 0 Å². The highest BCUT2D eigenvalue weighted by Crippen LogP contribution is 2.00. The van der Waals surface area contributed by atoms with Crippen LogP contribution in [0, 0.1) is 0 Å². The third kappa shape index (κ3) is 8.38. The summed E-state index contributed by atoms with van der Waals surface area (Å²) in [6.45, 7) is 4.83. The van der Waals surface area contributed by atoms with Gasteiger partial charge >= 0.3 is 0 Å². The summed E-state index contributed by atoms with van der Waals surface area (Å²) < 4.78 is 28.1. The van der Waals surface area contributed by atoms with Crippen molar-refractivity contribution in [1.82, 2.24) is 5.32 Å². The second-order valence-corrected chi connectivity index (χ2v) is 3.31. The Morgan fingerprint density at radius 1 is 1.29 bits per heavy atom. The molecule has 0 bridgehead atoms. The fraction of sp³-hybridized carbons (Fsp3) is 1.00. The van der Waals surface area contributed by atoms with E-state index in [1.165, 1.54) is 0 Å². The summed E-state index contributed by atoms with van der Waals surface area (Å²) in [6.07, 6.45) is 0.991. The Balaban J connectivity index is 3.24. The van der Waals surface area contributed by atoms with Gasteiger partial charge in [-0.1, -0.05) is 20.3 Å². The van der Waals surface area contributed by atoms with Gasteiger partial charge < -0.3 is 10.1 Å². The van der Waals surface area contributed by atoms with E-state index in [2.05, 4.69) is 19.2 Å². The average molecular weight is 209 g/mol. The maximum atomic E-state index is 11.7. The molecule has 0 aromatic rings. The molecule has 0 radical (unpaired) electrons. The summed E-state index contributed by atoms with van der Waals surface area (Å²) in [5.74, 6) is 0. The summed E-state index contributed by atoms with van der Waals surface area (Å²) in [4.78, 5) is 0. The van der Waals surface area contributed by atoms with Crippen molar-refractivity contribution in [2.24, 2.45) is 0 Å². The van der Waals surface area contributed by atoms with Gasteiger partial charge in [-0.3, -0.25) is 0 Å². The van der Waals surface area contributed by atoms with Gasteiger partial charge in [0, 0.05) is 12.6 Å². The Morgan fingerprint density at radius 3 is 2.50 bits per heavy atom. The highest BCUT2D eigenvalue weighted by atomic mass is 19.3. The van der Waals surface area contributed by atoms with Crippen molar-refractivity contribution < 1.29 is 13.5 Å². The van der Waals surface area contributed by atoms with Gasteiger partial charge in [-0.15, -0.1) is 0 Å². The molecule has 0 fully saturated rings. The topological polar surface area (TPSA) is 21.3 Å². The van der Waals surface area contributed by atoms with Crippen molar-refractivity contribution in [3.8, 4) is 0 Å². The summed E-state index contributed by atoms with van der Waals surface area (Å²) in [6, 6.07) is 0.496. The van der Waals surface area contributed by atoms with Crippen molar-refractivity contribution >= 4 is 0 Å². The number of alkyl halides is 2. The lowest BCUT2D eigenvalue weighted by Crippen LogP contribution is -2.31. The zero-order valence-corrected chi connectivity index (χ0v) is 9.06. The first kappa shape index (κ1) is 13.8. The van der Waals surface area contributed by atoms with Crippen LogP contribution in [0.4, 0.5) is 8.78 Å². The zero-order valence-electron chi connectivity index (χ0n) is 9.06. The predicted octanol–water partition coefficient (Wildman–Crippen LogP) is 2.44. The number of rotatable bonds is 9. The molecule has 1 atom stereocenters. The Kier molecular flexibility index (Phi) is 9.19. The third-order valence-electron chi connectivity index (χ3n) is 2.05. The van der Waals surface area contributed by atoms with E-state index in [0.717, 1.165) is 19.3 Å². The Morgan fingerprint density at radius 2 is 2.00 bits per heavy atom. The van der Waals surface area contributed by atoms with E-state index in [9.17, 15) is 8.78 Å². The largest absolute Gasteiger partial charge is 0.374 e. The van der Waals surface area contributed by atoms with Crippen LogP contribution < -0.4 is 5.32 Å². The molecule has 1 N–H and O–H groups in total. The lowest BCUT2D eigenvalue weighted by Gasteiger charge is -2.15. The van der Waals surface area contributed by atoms with Crippen molar-refractivity contribution in [3.63, 3.8) is 0 Å². The molecule has 0 saturated carbocycles. The molecular weight excluding hydrogens is 188 g/mol. The van der Waals surface area contributed by atoms with Gasteiger partial charge in [0.2, 0.25) is 0 Å². The molecule has 86 valence electrons. The quantitative estimate of drug-likeness (QED) is 0.589. The monoisotopic (exact) mass is 209 g/mol. The van der Waals surface area contributed by atoms with Gasteiger partial charge in [0.1, 0.15) is 6.61 Å². The Hall–Kier alpha value is -0.220. The standard InChI is InChI=1S/C10H21F2NO/c1-3-5-9(4-2)13-6-7-14-8-10(11)12/h9-10,13H,3-8H2,1-2H3. The van der Waals surface area contributed by atoms with Crippen LogP contribution in [0.25, 0.3) is 0 Å². The van der Waals surface area contributed by atoms with Crippen LogP contribution >= 0.6 is 0 Å². The second kappa shape index (κ2) is 9.34. The van der Waals surface area contributed by atoms with Crippen LogP contribution in [0.2, 0.25) is 0 Å². The first-order valence-corrected chi connectivity index (χ1v) is 5.29. The van der Waals surface area contributed by atoms with Gasteiger partial charge in [-0.05, 0) is 12.8 Å². The number of hydrogen-bond donors (Lipinski definition) is 1. The molecule has 14 heavy (non-hydrogen) atoms. The van der Waals surface area contributed by atoms with Gasteiger partial charge in [0.25, 0.3) is 6.43 Å². The third-order valence-corrected chi connectivity index (χ3v) is 2.05. The summed E-state index contributed by atoms with van der Waals surface area (Å²) >= 11 is 0. The van der Waals surface area contributed by atoms with Crippen molar-refractivity contribution in [2.45, 2.75) is 45.6 Å². The molecule has 0 spiro atoms. The van der Waals surface area contributed by atoms with Crippen LogP contribution in [0.3, 0.4) is 0 Å². The number of ether oxygens (including phenoxy) is 1. The zero-order chi connectivity index (χ0) is 10.8. The van der Waals surface area contributed by atoms with Gasteiger partial charge in [0.05, 0.1) is 6.61 Å². The number of nitrogens with one attached hydrogen (secondary N) is 1. The molecule has 0 aliphatic rings. The fourth-order valence-electron chi connectivity index (χ4n) is 1.31. The van der Waals surface area contributed by atoms with Gasteiger partial charge in [-0.25, -0.2) is 8.78 Å². The normalized spacial score (nSPS) is 13.5. The Bertz CT molecular complexity index is 123. The molecule has 4 heteroatoms. The lowest BCUT2D eigenvalue weighted by atomic mass is 10.1. The minimum absolute atomic E-state index is 0.366. The average Bonchev–Trinajstić information content (AvgIpc) is 2.15. The first-order chi connectivity index (χ1) is 6.70. The van der Waals surface area contributed by atoms with Crippen LogP contribution in [-0.4, -0.2) is 32.2 Å². The lowest BCUT2D eigenvalue weighted by molar-refractivity contribution is 0.0181. The molecule has 0 aromatic heterocycles. The van der Waals surface area contributed by atoms with Crippen LogP contribution in [0.1, 0.15) is 33.1 Å². The number of hydrogen-bond acceptors (Lipinski definition) is 2. The highest BCUT2D eigenvalue weighted by Gasteiger charge is 2.04. The van der Waals surface area contributed by atoms with E-state index in [1.807, 2.05) is 0 Å². The molecule has 1 unspecified atom stereocenters. The smallest absolute Gasteiger partial charge is 0.261 e. The fourth-order valence-corrected chi connectivity index (χ4v) is 1.31. The first-order valence-electron chi connectivity index (χ1n) is 5.29. The Labute approximate surface area is 85.0 Å². The number of halogens is 2. The molecule has 0 saturated heterocycles. The second-order valence-electron chi connectivity index (χ2n) is 3.31. The highest BCUT2D eigenvalue weighted by molar-refractivity contribution is 4.63. The van der Waals surface area contributed by atoms with E-state index in [-0.39, 0.29) is 0 Å². The summed E-state index contributed by atoms with van der Waals surface area (Å²) in [5.41, 5.74) is 0. The molecule has 0 aromatic carbocycles. The van der Waals surface area contributed by atoms with Gasteiger partial charge in [0.15, 0.2) is 0 Å². The van der Waals surface area contributed by atoms with E-state index >= 15 is 0 Å². The maximum absolute atomic E-state index is 11.7. The summed E-state index contributed by atoms with van der Waals surface area (Å²) in [5, 5.41) is 3.27. The van der Waals surface area contributed by atoms with E-state index < -0.39 is 13.0 Å². The minimum Gasteiger partial charge on any atom is -0.374 e. The van der Waals surface area contributed by atoms with E-state index in [0.29, 0.717) is 19.2 Å². The minimum atomic E-state index is -2.35. The SMILES string of the molecule is CCCC(CC)NCCOCC(F)F. The van der Waals surface area contributed by atoms with Crippen LogP contribution in [0.5, 0.6) is 0 Å². The maximum Gasteiger partial charge on any atom is 0.261 e. The van der Waals surface area contributed by atoms with E-state index in [1.54, 1.807) is 0 Å². The molecule has 0 amide bonds.